The molecule has 0 heterocycles. The molecule has 0 unspecified atom stereocenters. The molecule has 0 saturated heterocycles. The molecule has 0 fully saturated rings. The number of halogens is 1. The van der Waals surface area contributed by atoms with Gasteiger partial charge in [-0.25, -0.2) is 18.7 Å². The van der Waals surface area contributed by atoms with Crippen LogP contribution >= 0.6 is 0 Å². The van der Waals surface area contributed by atoms with E-state index in [-0.39, 0.29) is 5.69 Å². The maximum Gasteiger partial charge on any atom is 0.254 e. The van der Waals surface area contributed by atoms with Crippen molar-refractivity contribution in [3.8, 4) is 0 Å². The van der Waals surface area contributed by atoms with Crippen molar-refractivity contribution in [1.29, 1.82) is 0 Å². The molecule has 6 nitrogen and oxygen atoms in total. The normalized spacial score (nSPS) is 11.1. The highest BCUT2D eigenvalue weighted by atomic mass is 32.2. The monoisotopic (exact) mass is 275 g/mol. The molecule has 18 heavy (non-hydrogen) atoms. The Bertz CT molecular complexity index is 559. The van der Waals surface area contributed by atoms with Gasteiger partial charge in [-0.05, 0) is 30.7 Å². The molecule has 0 aliphatic rings. The zero-order valence-corrected chi connectivity index (χ0v) is 10.8. The van der Waals surface area contributed by atoms with Gasteiger partial charge in [0.15, 0.2) is 0 Å². The minimum absolute atomic E-state index is 0.238. The number of sulfonamides is 1. The third-order valence-electron chi connectivity index (χ3n) is 2.28. The van der Waals surface area contributed by atoms with Crippen LogP contribution in [0, 0.1) is 12.7 Å². The molecule has 0 aliphatic heterocycles. The van der Waals surface area contributed by atoms with Crippen LogP contribution in [-0.4, -0.2) is 27.1 Å². The molecular formula is C10H14FN3O3S. The fourth-order valence-electron chi connectivity index (χ4n) is 1.46. The number of hydrazine groups is 1. The van der Waals surface area contributed by atoms with E-state index >= 15 is 0 Å². The van der Waals surface area contributed by atoms with E-state index in [4.69, 9.17) is 5.84 Å². The zero-order chi connectivity index (χ0) is 13.9. The Balaban J connectivity index is 3.22. The first-order valence-corrected chi connectivity index (χ1v) is 6.84. The summed E-state index contributed by atoms with van der Waals surface area (Å²) in [4.78, 5) is 11.2. The molecule has 100 valence electrons. The first-order valence-electron chi connectivity index (χ1n) is 4.99. The smallest absolute Gasteiger partial charge is 0.254 e. The zero-order valence-electron chi connectivity index (χ0n) is 9.97. The van der Waals surface area contributed by atoms with Gasteiger partial charge in [0.1, 0.15) is 12.4 Å². The van der Waals surface area contributed by atoms with Gasteiger partial charge in [0.2, 0.25) is 10.0 Å². The number of hydrogen-bond acceptors (Lipinski definition) is 4. The molecule has 0 atom stereocenters. The van der Waals surface area contributed by atoms with Gasteiger partial charge in [0.05, 0.1) is 11.9 Å². The van der Waals surface area contributed by atoms with Crippen molar-refractivity contribution < 1.29 is 17.6 Å². The van der Waals surface area contributed by atoms with Crippen LogP contribution in [0.1, 0.15) is 5.56 Å². The molecule has 0 spiro atoms. The molecule has 0 aromatic heterocycles. The summed E-state index contributed by atoms with van der Waals surface area (Å²) in [5.41, 5.74) is 2.50. The highest BCUT2D eigenvalue weighted by molar-refractivity contribution is 7.92. The van der Waals surface area contributed by atoms with Gasteiger partial charge in [-0.15, -0.1) is 0 Å². The molecule has 1 aromatic carbocycles. The molecule has 0 bridgehead atoms. The van der Waals surface area contributed by atoms with Crippen LogP contribution < -0.4 is 15.6 Å². The number of benzene rings is 1. The van der Waals surface area contributed by atoms with Crippen molar-refractivity contribution in [2.75, 3.05) is 17.1 Å². The van der Waals surface area contributed by atoms with Crippen LogP contribution in [0.2, 0.25) is 0 Å². The van der Waals surface area contributed by atoms with Gasteiger partial charge in [0.25, 0.3) is 5.91 Å². The predicted octanol–water partition coefficient (Wildman–Crippen LogP) is -0.110. The molecule has 0 radical (unpaired) electrons. The Hall–Kier alpha value is -1.67. The lowest BCUT2D eigenvalue weighted by Crippen LogP contribution is -2.43. The van der Waals surface area contributed by atoms with Crippen molar-refractivity contribution in [3.05, 3.63) is 29.6 Å². The van der Waals surface area contributed by atoms with Crippen molar-refractivity contribution in [1.82, 2.24) is 5.43 Å². The van der Waals surface area contributed by atoms with E-state index in [0.717, 1.165) is 16.6 Å². The van der Waals surface area contributed by atoms with Crippen LogP contribution in [-0.2, 0) is 14.8 Å². The van der Waals surface area contributed by atoms with E-state index in [9.17, 15) is 17.6 Å². The summed E-state index contributed by atoms with van der Waals surface area (Å²) in [6.45, 7) is 1.10. The lowest BCUT2D eigenvalue weighted by molar-refractivity contribution is -0.119. The lowest BCUT2D eigenvalue weighted by Gasteiger charge is -2.23. The number of aryl methyl sites for hydroxylation is 1. The van der Waals surface area contributed by atoms with Crippen molar-refractivity contribution in [2.24, 2.45) is 5.84 Å². The van der Waals surface area contributed by atoms with Crippen LogP contribution in [0.5, 0.6) is 0 Å². The number of carbonyl (C=O) groups is 1. The maximum atomic E-state index is 13.0. The first kappa shape index (κ1) is 14.4. The fraction of sp³-hybridized carbons (Fsp3) is 0.300. The summed E-state index contributed by atoms with van der Waals surface area (Å²) >= 11 is 0. The van der Waals surface area contributed by atoms with Gasteiger partial charge in [-0.3, -0.25) is 14.5 Å². The SMILES string of the molecule is Cc1cc(F)ccc1N(CC(=O)NN)S(C)(=O)=O. The number of nitrogens with zero attached hydrogens (tertiary/aromatic N) is 1. The average molecular weight is 275 g/mol. The van der Waals surface area contributed by atoms with E-state index in [0.29, 0.717) is 5.56 Å². The Labute approximate surface area is 105 Å². The largest absolute Gasteiger partial charge is 0.293 e. The quantitative estimate of drug-likeness (QED) is 0.455. The minimum atomic E-state index is -3.66. The van der Waals surface area contributed by atoms with Gasteiger partial charge in [0, 0.05) is 0 Å². The van der Waals surface area contributed by atoms with E-state index in [1.807, 2.05) is 5.43 Å². The summed E-state index contributed by atoms with van der Waals surface area (Å²) in [5.74, 6) is 3.78. The van der Waals surface area contributed by atoms with Crippen LogP contribution in [0.3, 0.4) is 0 Å². The summed E-state index contributed by atoms with van der Waals surface area (Å²) in [7, 11) is -3.66. The molecule has 3 N–H and O–H groups in total. The number of nitrogens with one attached hydrogen (secondary N) is 1. The maximum absolute atomic E-state index is 13.0. The topological polar surface area (TPSA) is 92.5 Å². The fourth-order valence-corrected chi connectivity index (χ4v) is 2.37. The highest BCUT2D eigenvalue weighted by Gasteiger charge is 2.22. The second-order valence-corrected chi connectivity index (χ2v) is 5.67. The van der Waals surface area contributed by atoms with E-state index in [2.05, 4.69) is 0 Å². The second-order valence-electron chi connectivity index (χ2n) is 3.77. The third kappa shape index (κ3) is 3.41. The minimum Gasteiger partial charge on any atom is -0.293 e. The first-order chi connectivity index (χ1) is 8.25. The molecule has 8 heteroatoms. The molecule has 0 saturated carbocycles. The standard InChI is InChI=1S/C10H14FN3O3S/c1-7-5-8(11)3-4-9(7)14(18(2,16)17)6-10(15)13-12/h3-5H,6,12H2,1-2H3,(H,13,15). The number of amides is 1. The second kappa shape index (κ2) is 5.32. The summed E-state index contributed by atoms with van der Waals surface area (Å²) in [6, 6.07) is 3.62. The third-order valence-corrected chi connectivity index (χ3v) is 3.40. The molecular weight excluding hydrogens is 261 g/mol. The highest BCUT2D eigenvalue weighted by Crippen LogP contribution is 2.22. The van der Waals surface area contributed by atoms with Gasteiger partial charge in [-0.1, -0.05) is 0 Å². The van der Waals surface area contributed by atoms with Gasteiger partial charge in [-0.2, -0.15) is 0 Å². The number of nitrogens with two attached hydrogens (primary N) is 1. The summed E-state index contributed by atoms with van der Waals surface area (Å²) in [5, 5.41) is 0. The van der Waals surface area contributed by atoms with Crippen molar-refractivity contribution >= 4 is 21.6 Å². The number of anilines is 1. The molecule has 1 amide bonds. The van der Waals surface area contributed by atoms with E-state index < -0.39 is 28.3 Å². The average Bonchev–Trinajstić information content (AvgIpc) is 2.25. The van der Waals surface area contributed by atoms with Crippen LogP contribution in [0.15, 0.2) is 18.2 Å². The van der Waals surface area contributed by atoms with Crippen molar-refractivity contribution in [3.63, 3.8) is 0 Å². The molecule has 1 aromatic rings. The molecule has 0 aliphatic carbocycles. The Morgan fingerprint density at radius 2 is 2.11 bits per heavy atom. The molecule has 1 rings (SSSR count). The van der Waals surface area contributed by atoms with E-state index in [1.165, 1.54) is 12.1 Å². The number of hydrogen-bond donors (Lipinski definition) is 2. The van der Waals surface area contributed by atoms with Crippen LogP contribution in [0.25, 0.3) is 0 Å². The Kier molecular flexibility index (Phi) is 4.25. The van der Waals surface area contributed by atoms with Crippen LogP contribution in [0.4, 0.5) is 10.1 Å². The summed E-state index contributed by atoms with van der Waals surface area (Å²) < 4.78 is 37.1. The Morgan fingerprint density at radius 3 is 2.56 bits per heavy atom. The van der Waals surface area contributed by atoms with Crippen molar-refractivity contribution in [2.45, 2.75) is 6.92 Å². The predicted molar refractivity (Wildman–Crippen MR) is 65.7 cm³/mol. The summed E-state index contributed by atoms with van der Waals surface area (Å²) in [6.07, 6.45) is 0.958. The lowest BCUT2D eigenvalue weighted by atomic mass is 10.2. The number of rotatable bonds is 4. The van der Waals surface area contributed by atoms with Gasteiger partial charge < -0.3 is 0 Å². The number of carbonyl (C=O) groups excluding carboxylic acids is 1. The van der Waals surface area contributed by atoms with Gasteiger partial charge >= 0.3 is 0 Å². The Morgan fingerprint density at radius 1 is 1.50 bits per heavy atom. The van der Waals surface area contributed by atoms with E-state index in [1.54, 1.807) is 6.92 Å².